The topological polar surface area (TPSA) is 57.1 Å². The van der Waals surface area contributed by atoms with E-state index in [0.29, 0.717) is 10.9 Å². The van der Waals surface area contributed by atoms with Crippen LogP contribution in [0.3, 0.4) is 0 Å². The van der Waals surface area contributed by atoms with Crippen molar-refractivity contribution in [3.63, 3.8) is 0 Å². The number of carbonyl (C=O) groups excluding carboxylic acids is 1. The van der Waals surface area contributed by atoms with Gasteiger partial charge in [-0.1, -0.05) is 60.3 Å². The molecule has 2 heterocycles. The van der Waals surface area contributed by atoms with Gasteiger partial charge >= 0.3 is 0 Å². The zero-order valence-corrected chi connectivity index (χ0v) is 14.0. The molecule has 0 aliphatic carbocycles. The van der Waals surface area contributed by atoms with Gasteiger partial charge in [0.15, 0.2) is 5.17 Å². The van der Waals surface area contributed by atoms with Crippen LogP contribution in [-0.4, -0.2) is 22.2 Å². The van der Waals surface area contributed by atoms with Gasteiger partial charge in [-0.05, 0) is 18.6 Å². The molecule has 6 heteroatoms. The summed E-state index contributed by atoms with van der Waals surface area (Å²) in [5, 5.41) is 11.5. The lowest BCUT2D eigenvalue weighted by Crippen LogP contribution is -2.51. The van der Waals surface area contributed by atoms with Crippen molar-refractivity contribution in [3.05, 3.63) is 70.7 Å². The maximum atomic E-state index is 12.6. The summed E-state index contributed by atoms with van der Waals surface area (Å²) in [6.07, 6.45) is -0.201. The third-order valence-corrected chi connectivity index (χ3v) is 4.86. The van der Waals surface area contributed by atoms with Gasteiger partial charge in [0.05, 0.1) is 5.36 Å². The first-order chi connectivity index (χ1) is 11.7. The SMILES string of the molecule is C[C@@H]1N=c2ccccc2=C2C(=O)NC(SCc3ccccc3)=NN21. The molecule has 2 aromatic rings. The zero-order valence-electron chi connectivity index (χ0n) is 13.1. The van der Waals surface area contributed by atoms with E-state index in [1.807, 2.05) is 49.4 Å². The Morgan fingerprint density at radius 2 is 1.88 bits per heavy atom. The number of fused-ring (bicyclic) bond motifs is 2. The molecular formula is C18H16N4OS. The van der Waals surface area contributed by atoms with Gasteiger partial charge in [-0.3, -0.25) is 15.1 Å². The molecule has 1 amide bonds. The Labute approximate surface area is 143 Å². The first-order valence-corrected chi connectivity index (χ1v) is 8.74. The Morgan fingerprint density at radius 3 is 2.71 bits per heavy atom. The van der Waals surface area contributed by atoms with Gasteiger partial charge in [0.2, 0.25) is 0 Å². The molecule has 0 saturated carbocycles. The molecule has 0 bridgehead atoms. The van der Waals surface area contributed by atoms with Crippen LogP contribution in [0.15, 0.2) is 64.7 Å². The maximum Gasteiger partial charge on any atom is 0.276 e. The molecule has 0 unspecified atom stereocenters. The van der Waals surface area contributed by atoms with E-state index in [9.17, 15) is 4.79 Å². The van der Waals surface area contributed by atoms with Crippen molar-refractivity contribution >= 4 is 28.5 Å². The van der Waals surface area contributed by atoms with Crippen LogP contribution in [0.5, 0.6) is 0 Å². The van der Waals surface area contributed by atoms with Gasteiger partial charge < -0.3 is 0 Å². The van der Waals surface area contributed by atoms with Crippen molar-refractivity contribution in [2.45, 2.75) is 18.8 Å². The number of nitrogens with one attached hydrogen (secondary N) is 1. The highest BCUT2D eigenvalue weighted by molar-refractivity contribution is 8.13. The van der Waals surface area contributed by atoms with E-state index >= 15 is 0 Å². The van der Waals surface area contributed by atoms with Crippen LogP contribution in [0, 0.1) is 0 Å². The first-order valence-electron chi connectivity index (χ1n) is 7.75. The predicted molar refractivity (Wildman–Crippen MR) is 95.2 cm³/mol. The summed E-state index contributed by atoms with van der Waals surface area (Å²) in [7, 11) is 0. The van der Waals surface area contributed by atoms with Gasteiger partial charge in [0, 0.05) is 11.0 Å². The van der Waals surface area contributed by atoms with Gasteiger partial charge in [-0.15, -0.1) is 5.10 Å². The van der Waals surface area contributed by atoms with Crippen LogP contribution >= 0.6 is 11.8 Å². The van der Waals surface area contributed by atoms with E-state index in [2.05, 4.69) is 27.5 Å². The van der Waals surface area contributed by atoms with Gasteiger partial charge in [0.1, 0.15) is 11.9 Å². The molecule has 0 spiro atoms. The average Bonchev–Trinajstić information content (AvgIpc) is 2.61. The molecule has 0 saturated heterocycles. The van der Waals surface area contributed by atoms with E-state index in [0.717, 1.165) is 16.3 Å². The molecule has 1 N–H and O–H groups in total. The minimum Gasteiger partial charge on any atom is -0.298 e. The van der Waals surface area contributed by atoms with E-state index in [4.69, 9.17) is 0 Å². The summed E-state index contributed by atoms with van der Waals surface area (Å²) in [4.78, 5) is 17.3. The maximum absolute atomic E-state index is 12.6. The normalized spacial score (nSPS) is 19.0. The molecule has 0 radical (unpaired) electrons. The van der Waals surface area contributed by atoms with Crippen LogP contribution < -0.4 is 15.9 Å². The highest BCUT2D eigenvalue weighted by Gasteiger charge is 2.31. The molecule has 0 fully saturated rings. The molecule has 120 valence electrons. The number of thioether (sulfide) groups is 1. The Kier molecular flexibility index (Phi) is 3.82. The highest BCUT2D eigenvalue weighted by Crippen LogP contribution is 2.21. The van der Waals surface area contributed by atoms with Crippen molar-refractivity contribution in [1.29, 1.82) is 0 Å². The molecule has 0 aromatic heterocycles. The van der Waals surface area contributed by atoms with E-state index < -0.39 is 0 Å². The molecule has 2 aliphatic heterocycles. The second kappa shape index (κ2) is 6.13. The number of carbonyl (C=O) groups is 1. The zero-order chi connectivity index (χ0) is 16.5. The van der Waals surface area contributed by atoms with Crippen LogP contribution in [0.1, 0.15) is 12.5 Å². The number of amidine groups is 1. The third kappa shape index (κ3) is 2.69. The first kappa shape index (κ1) is 15.0. The van der Waals surface area contributed by atoms with Crippen LogP contribution in [0.4, 0.5) is 0 Å². The Balaban J connectivity index is 1.66. The van der Waals surface area contributed by atoms with E-state index in [-0.39, 0.29) is 12.1 Å². The Bertz CT molecular complexity index is 939. The summed E-state index contributed by atoms with van der Waals surface area (Å²) in [6, 6.07) is 17.8. The molecule has 24 heavy (non-hydrogen) atoms. The Hall–Kier alpha value is -2.60. The fraction of sp³-hybridized carbons (Fsp3) is 0.167. The van der Waals surface area contributed by atoms with Crippen molar-refractivity contribution < 1.29 is 4.79 Å². The molecule has 2 aromatic carbocycles. The summed E-state index contributed by atoms with van der Waals surface area (Å²) in [5.74, 6) is 0.625. The van der Waals surface area contributed by atoms with Gasteiger partial charge in [-0.2, -0.15) is 0 Å². The van der Waals surface area contributed by atoms with Crippen LogP contribution in [0.2, 0.25) is 0 Å². The number of hydrogen-bond donors (Lipinski definition) is 1. The number of rotatable bonds is 2. The number of para-hydroxylation sites is 1. The standard InChI is InChI=1S/C18H16N4OS/c1-12-19-15-10-6-5-9-14(15)16-17(23)20-18(21-22(12)16)24-11-13-7-3-2-4-8-13/h2-10,12H,11H2,1H3,(H,20,21,23)/t12-/m1/s1. The average molecular weight is 336 g/mol. The number of benzene rings is 2. The molecular weight excluding hydrogens is 320 g/mol. The quantitative estimate of drug-likeness (QED) is 0.902. The lowest BCUT2D eigenvalue weighted by molar-refractivity contribution is -0.116. The van der Waals surface area contributed by atoms with Crippen molar-refractivity contribution in [2.75, 3.05) is 0 Å². The van der Waals surface area contributed by atoms with Gasteiger partial charge in [-0.25, -0.2) is 5.01 Å². The monoisotopic (exact) mass is 336 g/mol. The summed E-state index contributed by atoms with van der Waals surface area (Å²) in [6.45, 7) is 1.94. The second-order valence-corrected chi connectivity index (χ2v) is 6.57. The van der Waals surface area contributed by atoms with E-state index in [1.54, 1.807) is 5.01 Å². The largest absolute Gasteiger partial charge is 0.298 e. The Morgan fingerprint density at radius 1 is 1.12 bits per heavy atom. The fourth-order valence-corrected chi connectivity index (χ4v) is 3.59. The van der Waals surface area contributed by atoms with Crippen LogP contribution in [-0.2, 0) is 10.5 Å². The molecule has 5 nitrogen and oxygen atoms in total. The molecule has 1 atom stereocenters. The highest BCUT2D eigenvalue weighted by atomic mass is 32.2. The molecule has 4 rings (SSSR count). The lowest BCUT2D eigenvalue weighted by atomic mass is 10.2. The fourth-order valence-electron chi connectivity index (χ4n) is 2.78. The number of nitrogens with zero attached hydrogens (tertiary/aromatic N) is 3. The number of amides is 1. The number of hydrogen-bond acceptors (Lipinski definition) is 5. The minimum atomic E-state index is -0.201. The summed E-state index contributed by atoms with van der Waals surface area (Å²) < 4.78 is 0. The summed E-state index contributed by atoms with van der Waals surface area (Å²) in [5.41, 5.74) is 1.76. The van der Waals surface area contributed by atoms with Crippen molar-refractivity contribution in [2.24, 2.45) is 10.1 Å². The third-order valence-electron chi connectivity index (χ3n) is 3.92. The van der Waals surface area contributed by atoms with E-state index in [1.165, 1.54) is 17.3 Å². The smallest absolute Gasteiger partial charge is 0.276 e. The second-order valence-electron chi connectivity index (χ2n) is 5.60. The minimum absolute atomic E-state index is 0.130. The summed E-state index contributed by atoms with van der Waals surface area (Å²) >= 11 is 1.51. The van der Waals surface area contributed by atoms with Crippen molar-refractivity contribution in [1.82, 2.24) is 10.3 Å². The lowest BCUT2D eigenvalue weighted by Gasteiger charge is -2.32. The van der Waals surface area contributed by atoms with Crippen LogP contribution in [0.25, 0.3) is 5.70 Å². The van der Waals surface area contributed by atoms with Gasteiger partial charge in [0.25, 0.3) is 5.91 Å². The van der Waals surface area contributed by atoms with Crippen molar-refractivity contribution in [3.8, 4) is 0 Å². The predicted octanol–water partition coefficient (Wildman–Crippen LogP) is 1.41. The number of hydrazone groups is 1. The molecule has 2 aliphatic rings.